The first-order chi connectivity index (χ1) is 14.1. The SMILES string of the molecule is Cc1cc(C)n(Cc2ccc(C(=O)NCc3nc(-c4ccccc4)no3)cc2)n1. The molecule has 29 heavy (non-hydrogen) atoms. The number of benzene rings is 2. The van der Waals surface area contributed by atoms with E-state index in [1.54, 1.807) is 12.1 Å². The molecular weight excluding hydrogens is 366 g/mol. The van der Waals surface area contributed by atoms with Crippen molar-refractivity contribution in [3.63, 3.8) is 0 Å². The number of carbonyl (C=O) groups excluding carboxylic acids is 1. The molecule has 1 amide bonds. The molecule has 0 spiro atoms. The van der Waals surface area contributed by atoms with Gasteiger partial charge in [-0.3, -0.25) is 9.48 Å². The standard InChI is InChI=1S/C22H21N5O2/c1-15-12-16(2)27(25-15)14-17-8-10-19(11-9-17)22(28)23-13-20-24-21(26-29-20)18-6-4-3-5-7-18/h3-12H,13-14H2,1-2H3,(H,23,28). The van der Waals surface area contributed by atoms with Gasteiger partial charge in [-0.1, -0.05) is 47.6 Å². The van der Waals surface area contributed by atoms with Crippen molar-refractivity contribution in [2.45, 2.75) is 26.9 Å². The Bertz CT molecular complexity index is 1110. The number of amides is 1. The molecule has 7 heteroatoms. The highest BCUT2D eigenvalue weighted by atomic mass is 16.5. The Kier molecular flexibility index (Phi) is 5.20. The summed E-state index contributed by atoms with van der Waals surface area (Å²) < 4.78 is 7.17. The van der Waals surface area contributed by atoms with Gasteiger partial charge in [-0.25, -0.2) is 0 Å². The van der Waals surface area contributed by atoms with Gasteiger partial charge >= 0.3 is 0 Å². The van der Waals surface area contributed by atoms with Gasteiger partial charge in [0.05, 0.1) is 18.8 Å². The number of hydrogen-bond acceptors (Lipinski definition) is 5. The molecule has 2 aromatic heterocycles. The number of nitrogens with zero attached hydrogens (tertiary/aromatic N) is 4. The zero-order valence-corrected chi connectivity index (χ0v) is 16.3. The molecule has 0 aliphatic carbocycles. The topological polar surface area (TPSA) is 85.8 Å². The summed E-state index contributed by atoms with van der Waals surface area (Å²) in [4.78, 5) is 16.7. The predicted molar refractivity (Wildman–Crippen MR) is 108 cm³/mol. The largest absolute Gasteiger partial charge is 0.343 e. The van der Waals surface area contributed by atoms with Crippen LogP contribution in [0.15, 0.2) is 65.2 Å². The molecule has 0 aliphatic rings. The third-order valence-corrected chi connectivity index (χ3v) is 4.55. The molecule has 0 radical (unpaired) electrons. The van der Waals surface area contributed by atoms with Gasteiger partial charge in [0.15, 0.2) is 0 Å². The van der Waals surface area contributed by atoms with E-state index >= 15 is 0 Å². The van der Waals surface area contributed by atoms with Gasteiger partial charge < -0.3 is 9.84 Å². The maximum atomic E-state index is 12.4. The summed E-state index contributed by atoms with van der Waals surface area (Å²) >= 11 is 0. The van der Waals surface area contributed by atoms with Gasteiger partial charge in [-0.05, 0) is 37.6 Å². The normalized spacial score (nSPS) is 10.8. The Hall–Kier alpha value is -3.74. The lowest BCUT2D eigenvalue weighted by Crippen LogP contribution is -2.23. The first-order valence-corrected chi connectivity index (χ1v) is 9.35. The van der Waals surface area contributed by atoms with Crippen molar-refractivity contribution >= 4 is 5.91 Å². The summed E-state index contributed by atoms with van der Waals surface area (Å²) in [6.07, 6.45) is 0. The summed E-state index contributed by atoms with van der Waals surface area (Å²) in [5.41, 5.74) is 4.63. The van der Waals surface area contributed by atoms with E-state index in [9.17, 15) is 4.79 Å². The van der Waals surface area contributed by atoms with E-state index in [0.717, 1.165) is 22.5 Å². The van der Waals surface area contributed by atoms with Crippen LogP contribution in [0.3, 0.4) is 0 Å². The predicted octanol–water partition coefficient (Wildman–Crippen LogP) is 3.53. The van der Waals surface area contributed by atoms with Crippen LogP contribution in [0.4, 0.5) is 0 Å². The molecule has 0 saturated carbocycles. The first-order valence-electron chi connectivity index (χ1n) is 9.35. The Balaban J connectivity index is 1.35. The fraction of sp³-hybridized carbons (Fsp3) is 0.182. The first kappa shape index (κ1) is 18.6. The van der Waals surface area contributed by atoms with Crippen LogP contribution in [0.1, 0.15) is 33.2 Å². The van der Waals surface area contributed by atoms with Crippen molar-refractivity contribution in [1.82, 2.24) is 25.2 Å². The number of carbonyl (C=O) groups is 1. The molecule has 0 unspecified atom stereocenters. The Morgan fingerprint density at radius 2 is 1.83 bits per heavy atom. The second-order valence-corrected chi connectivity index (χ2v) is 6.84. The average Bonchev–Trinajstić information content (AvgIpc) is 3.33. The Morgan fingerprint density at radius 3 is 2.52 bits per heavy atom. The number of hydrogen-bond donors (Lipinski definition) is 1. The van der Waals surface area contributed by atoms with E-state index in [1.165, 1.54) is 0 Å². The van der Waals surface area contributed by atoms with Crippen molar-refractivity contribution in [2.75, 3.05) is 0 Å². The molecule has 0 aliphatic heterocycles. The third kappa shape index (κ3) is 4.40. The zero-order valence-electron chi connectivity index (χ0n) is 16.3. The zero-order chi connectivity index (χ0) is 20.2. The monoisotopic (exact) mass is 387 g/mol. The summed E-state index contributed by atoms with van der Waals surface area (Å²) in [6, 6.07) is 19.1. The van der Waals surface area contributed by atoms with Crippen LogP contribution in [0, 0.1) is 13.8 Å². The summed E-state index contributed by atoms with van der Waals surface area (Å²) in [6.45, 7) is 4.85. The van der Waals surface area contributed by atoms with Crippen LogP contribution in [0.25, 0.3) is 11.4 Å². The van der Waals surface area contributed by atoms with Crippen molar-refractivity contribution in [1.29, 1.82) is 0 Å². The van der Waals surface area contributed by atoms with Crippen molar-refractivity contribution in [3.05, 3.63) is 89.1 Å². The summed E-state index contributed by atoms with van der Waals surface area (Å²) in [5, 5.41) is 11.2. The molecule has 2 aromatic carbocycles. The van der Waals surface area contributed by atoms with Gasteiger partial charge in [0.2, 0.25) is 11.7 Å². The van der Waals surface area contributed by atoms with Crippen molar-refractivity contribution < 1.29 is 9.32 Å². The van der Waals surface area contributed by atoms with E-state index in [0.29, 0.717) is 23.8 Å². The highest BCUT2D eigenvalue weighted by molar-refractivity contribution is 5.94. The molecule has 4 rings (SSSR count). The minimum absolute atomic E-state index is 0.173. The quantitative estimate of drug-likeness (QED) is 0.547. The highest BCUT2D eigenvalue weighted by Gasteiger charge is 2.11. The second kappa shape index (κ2) is 8.10. The van der Waals surface area contributed by atoms with Gasteiger partial charge in [-0.15, -0.1) is 0 Å². The van der Waals surface area contributed by atoms with Gasteiger partial charge in [0.25, 0.3) is 5.91 Å². The number of aromatic nitrogens is 4. The summed E-state index contributed by atoms with van der Waals surface area (Å²) in [5.74, 6) is 0.670. The van der Waals surface area contributed by atoms with Gasteiger partial charge in [0, 0.05) is 16.8 Å². The number of rotatable bonds is 6. The molecule has 0 bridgehead atoms. The van der Waals surface area contributed by atoms with Crippen LogP contribution >= 0.6 is 0 Å². The van der Waals surface area contributed by atoms with Gasteiger partial charge in [-0.2, -0.15) is 10.1 Å². The smallest absolute Gasteiger partial charge is 0.251 e. The fourth-order valence-corrected chi connectivity index (χ4v) is 3.06. The van der Waals surface area contributed by atoms with Crippen LogP contribution in [-0.2, 0) is 13.1 Å². The van der Waals surface area contributed by atoms with E-state index in [1.807, 2.05) is 67.1 Å². The lowest BCUT2D eigenvalue weighted by Gasteiger charge is -2.06. The molecule has 0 atom stereocenters. The number of nitrogens with one attached hydrogen (secondary N) is 1. The van der Waals surface area contributed by atoms with E-state index in [2.05, 4.69) is 20.6 Å². The van der Waals surface area contributed by atoms with E-state index in [-0.39, 0.29) is 12.5 Å². The maximum Gasteiger partial charge on any atom is 0.251 e. The summed E-state index contributed by atoms with van der Waals surface area (Å²) in [7, 11) is 0. The minimum atomic E-state index is -0.192. The molecule has 0 fully saturated rings. The van der Waals surface area contributed by atoms with E-state index < -0.39 is 0 Å². The molecule has 0 saturated heterocycles. The third-order valence-electron chi connectivity index (χ3n) is 4.55. The number of aryl methyl sites for hydroxylation is 2. The lowest BCUT2D eigenvalue weighted by atomic mass is 10.1. The molecule has 1 N–H and O–H groups in total. The molecular formula is C22H21N5O2. The molecule has 4 aromatic rings. The van der Waals surface area contributed by atoms with Crippen LogP contribution < -0.4 is 5.32 Å². The molecule has 7 nitrogen and oxygen atoms in total. The lowest BCUT2D eigenvalue weighted by molar-refractivity contribution is 0.0946. The van der Waals surface area contributed by atoms with Gasteiger partial charge in [0.1, 0.15) is 0 Å². The molecule has 2 heterocycles. The highest BCUT2D eigenvalue weighted by Crippen LogP contribution is 2.15. The Morgan fingerprint density at radius 1 is 1.07 bits per heavy atom. The average molecular weight is 387 g/mol. The second-order valence-electron chi connectivity index (χ2n) is 6.84. The minimum Gasteiger partial charge on any atom is -0.343 e. The Labute approximate surface area is 168 Å². The van der Waals surface area contributed by atoms with Crippen molar-refractivity contribution in [3.8, 4) is 11.4 Å². The van der Waals surface area contributed by atoms with Crippen LogP contribution in [0.5, 0.6) is 0 Å². The van der Waals surface area contributed by atoms with Crippen LogP contribution in [-0.4, -0.2) is 25.8 Å². The van der Waals surface area contributed by atoms with Crippen molar-refractivity contribution in [2.24, 2.45) is 0 Å². The molecule has 146 valence electrons. The van der Waals surface area contributed by atoms with Crippen LogP contribution in [0.2, 0.25) is 0 Å². The van der Waals surface area contributed by atoms with E-state index in [4.69, 9.17) is 4.52 Å². The fourth-order valence-electron chi connectivity index (χ4n) is 3.06. The maximum absolute atomic E-state index is 12.4.